The molecular weight excluding hydrogens is 187 g/mol. The van der Waals surface area contributed by atoms with Crippen LogP contribution in [0.1, 0.15) is 20.8 Å². The highest BCUT2D eigenvalue weighted by Crippen LogP contribution is 2.19. The van der Waals surface area contributed by atoms with Gasteiger partial charge in [0.1, 0.15) is 0 Å². The van der Waals surface area contributed by atoms with Gasteiger partial charge in [0.05, 0.1) is 6.61 Å². The molecule has 0 unspecified atom stereocenters. The van der Waals surface area contributed by atoms with Crippen molar-refractivity contribution in [3.63, 3.8) is 0 Å². The third-order valence-electron chi connectivity index (χ3n) is 1.38. The largest absolute Gasteiger partial charge is 0.465 e. The highest BCUT2D eigenvalue weighted by Gasteiger charge is 2.43. The highest BCUT2D eigenvalue weighted by molar-refractivity contribution is 7.88. The summed E-state index contributed by atoms with van der Waals surface area (Å²) in [6, 6.07) is 0. The highest BCUT2D eigenvalue weighted by atomic mass is 32.3. The van der Waals surface area contributed by atoms with Gasteiger partial charge in [0, 0.05) is 0 Å². The van der Waals surface area contributed by atoms with Crippen molar-refractivity contribution < 1.29 is 21.8 Å². The van der Waals surface area contributed by atoms with E-state index in [1.54, 1.807) is 0 Å². The van der Waals surface area contributed by atoms with Gasteiger partial charge in [0.15, 0.2) is 4.75 Å². The van der Waals surface area contributed by atoms with E-state index >= 15 is 0 Å². The molecule has 0 atom stereocenters. The van der Waals surface area contributed by atoms with Crippen LogP contribution < -0.4 is 0 Å². The zero-order valence-electron chi connectivity index (χ0n) is 7.13. The third-order valence-corrected chi connectivity index (χ3v) is 2.76. The molecule has 0 aliphatic heterocycles. The first kappa shape index (κ1) is 11.4. The number of ether oxygens (including phenoxy) is 1. The predicted molar refractivity (Wildman–Crippen MR) is 40.7 cm³/mol. The Balaban J connectivity index is 4.75. The van der Waals surface area contributed by atoms with Gasteiger partial charge in [0.25, 0.3) is 0 Å². The molecule has 0 radical (unpaired) electrons. The summed E-state index contributed by atoms with van der Waals surface area (Å²) < 4.78 is 35.5. The van der Waals surface area contributed by atoms with Gasteiger partial charge in [0.2, 0.25) is 0 Å². The first-order valence-electron chi connectivity index (χ1n) is 3.35. The molecule has 0 N–H and O–H groups in total. The van der Waals surface area contributed by atoms with Crippen LogP contribution in [-0.4, -0.2) is 25.7 Å². The van der Waals surface area contributed by atoms with Crippen molar-refractivity contribution in [2.75, 3.05) is 6.61 Å². The van der Waals surface area contributed by atoms with E-state index in [-0.39, 0.29) is 6.61 Å². The fourth-order valence-electron chi connectivity index (χ4n) is 0.404. The van der Waals surface area contributed by atoms with Gasteiger partial charge >= 0.3 is 16.2 Å². The lowest BCUT2D eigenvalue weighted by atomic mass is 10.2. The number of halogens is 1. The SMILES string of the molecule is CCOC(=O)C(C)(C)S(=O)(=O)F. The van der Waals surface area contributed by atoms with Crippen molar-refractivity contribution in [3.05, 3.63) is 0 Å². The van der Waals surface area contributed by atoms with Gasteiger partial charge in [-0.25, -0.2) is 0 Å². The van der Waals surface area contributed by atoms with Crippen LogP contribution in [0.3, 0.4) is 0 Å². The maximum absolute atomic E-state index is 12.4. The predicted octanol–water partition coefficient (Wildman–Crippen LogP) is 0.627. The summed E-state index contributed by atoms with van der Waals surface area (Å²) in [5.74, 6) is -1.08. The minimum absolute atomic E-state index is 0.0256. The molecule has 0 spiro atoms. The Morgan fingerprint density at radius 2 is 1.92 bits per heavy atom. The summed E-state index contributed by atoms with van der Waals surface area (Å²) in [5.41, 5.74) is 0. The lowest BCUT2D eigenvalue weighted by molar-refractivity contribution is -0.145. The van der Waals surface area contributed by atoms with E-state index in [0.29, 0.717) is 0 Å². The summed E-state index contributed by atoms with van der Waals surface area (Å²) in [6.45, 7) is 3.46. The molecule has 0 aromatic carbocycles. The number of hydrogen-bond donors (Lipinski definition) is 0. The molecule has 0 aliphatic carbocycles. The lowest BCUT2D eigenvalue weighted by Gasteiger charge is -2.16. The average molecular weight is 198 g/mol. The molecule has 0 aromatic rings. The first-order chi connectivity index (χ1) is 5.23. The van der Waals surface area contributed by atoms with Gasteiger partial charge in [-0.3, -0.25) is 4.79 Å². The molecule has 0 aromatic heterocycles. The van der Waals surface area contributed by atoms with Crippen LogP contribution in [0.2, 0.25) is 0 Å². The quantitative estimate of drug-likeness (QED) is 0.493. The van der Waals surface area contributed by atoms with Crippen molar-refractivity contribution in [2.45, 2.75) is 25.5 Å². The van der Waals surface area contributed by atoms with E-state index < -0.39 is 20.9 Å². The minimum atomic E-state index is -4.90. The Hall–Kier alpha value is -0.650. The molecule has 0 rings (SSSR count). The molecular formula is C6H11FO4S. The molecule has 0 aliphatic rings. The number of esters is 1. The Labute approximate surface area is 70.9 Å². The summed E-state index contributed by atoms with van der Waals surface area (Å²) >= 11 is 0. The maximum Gasteiger partial charge on any atom is 0.329 e. The molecule has 12 heavy (non-hydrogen) atoms. The van der Waals surface area contributed by atoms with Crippen LogP contribution in [0.25, 0.3) is 0 Å². The Kier molecular flexibility index (Phi) is 3.20. The molecule has 0 amide bonds. The minimum Gasteiger partial charge on any atom is -0.465 e. The standard InChI is InChI=1S/C6H11FO4S/c1-4-11-5(8)6(2,3)12(7,9)10/h4H2,1-3H3. The Morgan fingerprint density at radius 3 is 2.17 bits per heavy atom. The van der Waals surface area contributed by atoms with Crippen LogP contribution in [0.5, 0.6) is 0 Å². The smallest absolute Gasteiger partial charge is 0.329 e. The monoisotopic (exact) mass is 198 g/mol. The molecule has 0 saturated heterocycles. The number of rotatable bonds is 3. The fourth-order valence-corrected chi connectivity index (χ4v) is 0.662. The van der Waals surface area contributed by atoms with E-state index in [9.17, 15) is 17.1 Å². The summed E-state index contributed by atoms with van der Waals surface area (Å²) in [4.78, 5) is 10.9. The number of carbonyl (C=O) groups excluding carboxylic acids is 1. The summed E-state index contributed by atoms with van der Waals surface area (Å²) in [6.07, 6.45) is 0. The molecule has 0 saturated carbocycles. The van der Waals surface area contributed by atoms with Crippen LogP contribution in [0.4, 0.5) is 3.89 Å². The number of hydrogen-bond acceptors (Lipinski definition) is 4. The van der Waals surface area contributed by atoms with Crippen LogP contribution in [0.15, 0.2) is 0 Å². The van der Waals surface area contributed by atoms with Crippen LogP contribution in [-0.2, 0) is 19.8 Å². The van der Waals surface area contributed by atoms with Gasteiger partial charge < -0.3 is 4.74 Å². The maximum atomic E-state index is 12.4. The van der Waals surface area contributed by atoms with Gasteiger partial charge in [-0.15, -0.1) is 3.89 Å². The molecule has 0 fully saturated rings. The third kappa shape index (κ3) is 2.17. The zero-order valence-corrected chi connectivity index (χ0v) is 7.94. The molecule has 72 valence electrons. The molecule has 0 heterocycles. The van der Waals surface area contributed by atoms with E-state index in [4.69, 9.17) is 0 Å². The zero-order chi connectivity index (χ0) is 9.99. The molecule has 6 heteroatoms. The van der Waals surface area contributed by atoms with Crippen LogP contribution in [0, 0.1) is 0 Å². The van der Waals surface area contributed by atoms with E-state index in [1.807, 2.05) is 0 Å². The van der Waals surface area contributed by atoms with E-state index in [2.05, 4.69) is 4.74 Å². The second kappa shape index (κ2) is 3.38. The lowest BCUT2D eigenvalue weighted by Crippen LogP contribution is -2.39. The second-order valence-corrected chi connectivity index (χ2v) is 4.56. The second-order valence-electron chi connectivity index (χ2n) is 2.67. The van der Waals surface area contributed by atoms with Crippen molar-refractivity contribution >= 4 is 16.2 Å². The van der Waals surface area contributed by atoms with Gasteiger partial charge in [-0.1, -0.05) is 0 Å². The van der Waals surface area contributed by atoms with Crippen molar-refractivity contribution in [1.29, 1.82) is 0 Å². The van der Waals surface area contributed by atoms with Gasteiger partial charge in [-0.05, 0) is 20.8 Å². The topological polar surface area (TPSA) is 60.4 Å². The van der Waals surface area contributed by atoms with Crippen molar-refractivity contribution in [2.24, 2.45) is 0 Å². The van der Waals surface area contributed by atoms with Crippen molar-refractivity contribution in [1.82, 2.24) is 0 Å². The van der Waals surface area contributed by atoms with Crippen molar-refractivity contribution in [3.8, 4) is 0 Å². The van der Waals surface area contributed by atoms with E-state index in [0.717, 1.165) is 13.8 Å². The first-order valence-corrected chi connectivity index (χ1v) is 4.73. The molecule has 4 nitrogen and oxygen atoms in total. The average Bonchev–Trinajstić information content (AvgIpc) is 1.85. The van der Waals surface area contributed by atoms with Crippen LogP contribution >= 0.6 is 0 Å². The summed E-state index contributed by atoms with van der Waals surface area (Å²) in [7, 11) is -4.90. The summed E-state index contributed by atoms with van der Waals surface area (Å²) in [5, 5.41) is 0. The van der Waals surface area contributed by atoms with E-state index in [1.165, 1.54) is 6.92 Å². The Morgan fingerprint density at radius 1 is 1.50 bits per heavy atom. The normalized spacial score (nSPS) is 12.7. The van der Waals surface area contributed by atoms with Gasteiger partial charge in [-0.2, -0.15) is 8.42 Å². The molecule has 0 bridgehead atoms. The fraction of sp³-hybridized carbons (Fsp3) is 0.833. The number of carbonyl (C=O) groups is 1. The Bertz CT molecular complexity index is 267.